The minimum atomic E-state index is -0.412. The van der Waals surface area contributed by atoms with Crippen LogP contribution >= 0.6 is 0 Å². The van der Waals surface area contributed by atoms with Gasteiger partial charge in [0.1, 0.15) is 5.82 Å². The van der Waals surface area contributed by atoms with Crippen LogP contribution in [-0.2, 0) is 4.74 Å². The highest BCUT2D eigenvalue weighted by Gasteiger charge is 2.23. The van der Waals surface area contributed by atoms with E-state index in [4.69, 9.17) is 9.26 Å². The number of ether oxygens (including phenoxy) is 1. The van der Waals surface area contributed by atoms with Gasteiger partial charge < -0.3 is 14.6 Å². The van der Waals surface area contributed by atoms with Gasteiger partial charge in [-0.2, -0.15) is 0 Å². The zero-order valence-corrected chi connectivity index (χ0v) is 15.8. The lowest BCUT2D eigenvalue weighted by atomic mass is 10.0. The van der Waals surface area contributed by atoms with E-state index < -0.39 is 5.82 Å². The van der Waals surface area contributed by atoms with Gasteiger partial charge in [0, 0.05) is 31.7 Å². The first-order chi connectivity index (χ1) is 13.0. The topological polar surface area (TPSA) is 67.6 Å². The number of rotatable bonds is 7. The molecule has 1 fully saturated rings. The molecule has 1 aliphatic heterocycles. The van der Waals surface area contributed by atoms with E-state index >= 15 is 0 Å². The maximum Gasteiger partial charge on any atom is 0.273 e. The quantitative estimate of drug-likeness (QED) is 0.806. The van der Waals surface area contributed by atoms with Crippen LogP contribution in [0.15, 0.2) is 34.9 Å². The van der Waals surface area contributed by atoms with Crippen LogP contribution < -0.4 is 5.32 Å². The summed E-state index contributed by atoms with van der Waals surface area (Å²) in [7, 11) is 0. The van der Waals surface area contributed by atoms with Crippen LogP contribution in [0.1, 0.15) is 30.8 Å². The molecule has 0 spiro atoms. The van der Waals surface area contributed by atoms with Gasteiger partial charge in [-0.15, -0.1) is 0 Å². The maximum absolute atomic E-state index is 13.9. The van der Waals surface area contributed by atoms with E-state index in [1.807, 2.05) is 0 Å². The van der Waals surface area contributed by atoms with Gasteiger partial charge in [-0.3, -0.25) is 9.69 Å². The molecule has 3 rings (SSSR count). The number of amides is 1. The Bertz CT molecular complexity index is 756. The number of nitrogens with one attached hydrogen (secondary N) is 1. The van der Waals surface area contributed by atoms with Crippen LogP contribution in [0.2, 0.25) is 0 Å². The van der Waals surface area contributed by atoms with E-state index in [-0.39, 0.29) is 29.0 Å². The molecule has 27 heavy (non-hydrogen) atoms. The highest BCUT2D eigenvalue weighted by molar-refractivity contribution is 5.93. The molecule has 1 N–H and O–H groups in total. The van der Waals surface area contributed by atoms with E-state index in [0.717, 1.165) is 32.7 Å². The number of aromatic nitrogens is 1. The SMILES string of the molecule is CC(C)CC(CNC(=O)c1cc(-c2ccccc2F)on1)N1CCOCC1. The van der Waals surface area contributed by atoms with Crippen molar-refractivity contribution in [3.63, 3.8) is 0 Å². The summed E-state index contributed by atoms with van der Waals surface area (Å²) >= 11 is 0. The van der Waals surface area contributed by atoms with Crippen LogP contribution in [0.25, 0.3) is 11.3 Å². The van der Waals surface area contributed by atoms with Crippen molar-refractivity contribution in [3.05, 3.63) is 41.8 Å². The second-order valence-corrected chi connectivity index (χ2v) is 7.20. The summed E-state index contributed by atoms with van der Waals surface area (Å²) in [6.07, 6.45) is 0.986. The van der Waals surface area contributed by atoms with Crippen molar-refractivity contribution >= 4 is 5.91 Å². The summed E-state index contributed by atoms with van der Waals surface area (Å²) < 4.78 is 24.4. The molecular formula is C20H26FN3O3. The minimum Gasteiger partial charge on any atom is -0.379 e. The van der Waals surface area contributed by atoms with Crippen LogP contribution in [0.4, 0.5) is 4.39 Å². The van der Waals surface area contributed by atoms with Gasteiger partial charge >= 0.3 is 0 Å². The van der Waals surface area contributed by atoms with Crippen molar-refractivity contribution in [2.24, 2.45) is 5.92 Å². The number of hydrogen-bond acceptors (Lipinski definition) is 5. The van der Waals surface area contributed by atoms with Gasteiger partial charge in [-0.1, -0.05) is 31.1 Å². The molecule has 0 radical (unpaired) electrons. The fraction of sp³-hybridized carbons (Fsp3) is 0.500. The lowest BCUT2D eigenvalue weighted by Gasteiger charge is -2.35. The van der Waals surface area contributed by atoms with E-state index in [0.29, 0.717) is 12.5 Å². The van der Waals surface area contributed by atoms with Crippen LogP contribution in [0.3, 0.4) is 0 Å². The first-order valence-electron chi connectivity index (χ1n) is 9.36. The van der Waals surface area contributed by atoms with Gasteiger partial charge in [-0.25, -0.2) is 4.39 Å². The summed E-state index contributed by atoms with van der Waals surface area (Å²) in [6.45, 7) is 8.05. The molecular weight excluding hydrogens is 349 g/mol. The molecule has 0 bridgehead atoms. The average Bonchev–Trinajstić information content (AvgIpc) is 3.15. The second-order valence-electron chi connectivity index (χ2n) is 7.20. The monoisotopic (exact) mass is 375 g/mol. The highest BCUT2D eigenvalue weighted by Crippen LogP contribution is 2.23. The van der Waals surface area contributed by atoms with Gasteiger partial charge in [0.05, 0.1) is 18.8 Å². The minimum absolute atomic E-state index is 0.151. The Morgan fingerprint density at radius 3 is 2.74 bits per heavy atom. The Morgan fingerprint density at radius 2 is 2.04 bits per heavy atom. The van der Waals surface area contributed by atoms with E-state index in [1.54, 1.807) is 18.2 Å². The average molecular weight is 375 g/mol. The summed E-state index contributed by atoms with van der Waals surface area (Å²) in [6, 6.07) is 7.96. The normalized spacial score (nSPS) is 16.4. The van der Waals surface area contributed by atoms with Crippen molar-refractivity contribution in [3.8, 4) is 11.3 Å². The third kappa shape index (κ3) is 5.14. The number of benzene rings is 1. The lowest BCUT2D eigenvalue weighted by molar-refractivity contribution is 0.0124. The third-order valence-corrected chi connectivity index (χ3v) is 4.69. The fourth-order valence-electron chi connectivity index (χ4n) is 3.32. The Hall–Kier alpha value is -2.25. The van der Waals surface area contributed by atoms with Crippen LogP contribution in [-0.4, -0.2) is 54.9 Å². The summed E-state index contributed by atoms with van der Waals surface area (Å²) in [5, 5.41) is 6.74. The van der Waals surface area contributed by atoms with Crippen molar-refractivity contribution in [2.45, 2.75) is 26.3 Å². The van der Waals surface area contributed by atoms with Crippen LogP contribution in [0, 0.1) is 11.7 Å². The fourth-order valence-corrected chi connectivity index (χ4v) is 3.32. The molecule has 7 heteroatoms. The molecule has 6 nitrogen and oxygen atoms in total. The summed E-state index contributed by atoms with van der Waals surface area (Å²) in [5.41, 5.74) is 0.438. The Morgan fingerprint density at radius 1 is 1.30 bits per heavy atom. The molecule has 1 amide bonds. The number of hydrogen-bond donors (Lipinski definition) is 1. The zero-order valence-electron chi connectivity index (χ0n) is 15.8. The smallest absolute Gasteiger partial charge is 0.273 e. The molecule has 1 aromatic heterocycles. The Kier molecular flexibility index (Phi) is 6.58. The first kappa shape index (κ1) is 19.5. The molecule has 2 heterocycles. The first-order valence-corrected chi connectivity index (χ1v) is 9.36. The van der Waals surface area contributed by atoms with Crippen molar-refractivity contribution in [1.82, 2.24) is 15.4 Å². The van der Waals surface area contributed by atoms with E-state index in [9.17, 15) is 9.18 Å². The van der Waals surface area contributed by atoms with Gasteiger partial charge in [0.25, 0.3) is 5.91 Å². The molecule has 0 saturated carbocycles. The molecule has 146 valence electrons. The second kappa shape index (κ2) is 9.10. The third-order valence-electron chi connectivity index (χ3n) is 4.69. The number of carbonyl (C=O) groups excluding carboxylic acids is 1. The van der Waals surface area contributed by atoms with Gasteiger partial charge in [0.2, 0.25) is 0 Å². The Balaban J connectivity index is 1.63. The number of nitrogens with zero attached hydrogens (tertiary/aromatic N) is 2. The standard InChI is InChI=1S/C20H26FN3O3/c1-14(2)11-15(24-7-9-26-10-8-24)13-22-20(25)18-12-19(27-23-18)16-5-3-4-6-17(16)21/h3-6,12,14-15H,7-11,13H2,1-2H3,(H,22,25). The molecule has 1 aliphatic rings. The predicted molar refractivity (Wildman–Crippen MR) is 99.9 cm³/mol. The van der Waals surface area contributed by atoms with Crippen molar-refractivity contribution in [1.29, 1.82) is 0 Å². The van der Waals surface area contributed by atoms with Gasteiger partial charge in [-0.05, 0) is 24.5 Å². The number of carbonyl (C=O) groups is 1. The number of morpholine rings is 1. The van der Waals surface area contributed by atoms with E-state index in [1.165, 1.54) is 12.1 Å². The molecule has 1 unspecified atom stereocenters. The Labute approximate surface area is 158 Å². The van der Waals surface area contributed by atoms with Crippen molar-refractivity contribution in [2.75, 3.05) is 32.8 Å². The van der Waals surface area contributed by atoms with Crippen molar-refractivity contribution < 1.29 is 18.4 Å². The van der Waals surface area contributed by atoms with Gasteiger partial charge in [0.15, 0.2) is 11.5 Å². The molecule has 2 aromatic rings. The predicted octanol–water partition coefficient (Wildman–Crippen LogP) is 2.96. The maximum atomic E-state index is 13.9. The highest BCUT2D eigenvalue weighted by atomic mass is 19.1. The molecule has 1 saturated heterocycles. The molecule has 1 aromatic carbocycles. The zero-order chi connectivity index (χ0) is 19.2. The summed E-state index contributed by atoms with van der Waals surface area (Å²) in [5.74, 6) is 0.0351. The van der Waals surface area contributed by atoms with Crippen LogP contribution in [0.5, 0.6) is 0 Å². The molecule has 0 aliphatic carbocycles. The van der Waals surface area contributed by atoms with E-state index in [2.05, 4.69) is 29.2 Å². The largest absolute Gasteiger partial charge is 0.379 e. The lowest BCUT2D eigenvalue weighted by Crippen LogP contribution is -2.49. The number of halogens is 1. The molecule has 1 atom stereocenters. The summed E-state index contributed by atoms with van der Waals surface area (Å²) in [4.78, 5) is 14.8.